The topological polar surface area (TPSA) is 52.6 Å². The Morgan fingerprint density at radius 1 is 1.26 bits per heavy atom. The van der Waals surface area contributed by atoms with Gasteiger partial charge in [0.1, 0.15) is 12.1 Å². The molecule has 4 nitrogen and oxygen atoms in total. The van der Waals surface area contributed by atoms with Gasteiger partial charge in [0.15, 0.2) is 0 Å². The van der Waals surface area contributed by atoms with Crippen LogP contribution in [0.2, 0.25) is 6.55 Å². The third-order valence-electron chi connectivity index (χ3n) is 3.07. The molecule has 1 fully saturated rings. The highest BCUT2D eigenvalue weighted by molar-refractivity contribution is 6.25. The van der Waals surface area contributed by atoms with Crippen molar-refractivity contribution in [1.82, 2.24) is 0 Å². The Bertz CT molecular complexity index is 364. The van der Waals surface area contributed by atoms with Crippen LogP contribution in [0.5, 0.6) is 0 Å². The molecule has 3 atom stereocenters. The van der Waals surface area contributed by atoms with E-state index in [4.69, 9.17) is 14.0 Å². The molecule has 0 N–H and O–H groups in total. The molecule has 0 aromatic heterocycles. The molecule has 1 heterocycles. The Kier molecular flexibility index (Phi) is 19.9. The predicted molar refractivity (Wildman–Crippen MR) is 101 cm³/mol. The van der Waals surface area contributed by atoms with Crippen LogP contribution in [0, 0.1) is 5.92 Å². The first-order valence-electron chi connectivity index (χ1n) is 7.87. The van der Waals surface area contributed by atoms with Crippen molar-refractivity contribution in [3.8, 4) is 0 Å². The van der Waals surface area contributed by atoms with Crippen LogP contribution in [0.3, 0.4) is 0 Å². The molecule has 0 aliphatic carbocycles. The lowest BCUT2D eigenvalue weighted by molar-refractivity contribution is -0.141. The van der Waals surface area contributed by atoms with E-state index in [0.29, 0.717) is 12.2 Å². The van der Waals surface area contributed by atoms with E-state index in [2.05, 4.69) is 6.55 Å². The molecule has 23 heavy (non-hydrogen) atoms. The van der Waals surface area contributed by atoms with Gasteiger partial charge in [-0.2, -0.15) is 0 Å². The van der Waals surface area contributed by atoms with Crippen molar-refractivity contribution < 1.29 is 18.8 Å². The van der Waals surface area contributed by atoms with Crippen LogP contribution in [0.15, 0.2) is 24.0 Å². The van der Waals surface area contributed by atoms with E-state index in [1.807, 2.05) is 52.8 Å². The lowest BCUT2D eigenvalue weighted by atomic mass is 9.93. The number of Topliss-reactive ketones (excluding diaryl/α,β-unsaturated/α-hetero) is 1. The third kappa shape index (κ3) is 14.1. The Morgan fingerprint density at radius 2 is 1.78 bits per heavy atom. The van der Waals surface area contributed by atoms with Gasteiger partial charge in [0.2, 0.25) is 9.76 Å². The second-order valence-electron chi connectivity index (χ2n) is 4.97. The maximum atomic E-state index is 11.1. The highest BCUT2D eigenvalue weighted by atomic mass is 28.2. The summed E-state index contributed by atoms with van der Waals surface area (Å²) < 4.78 is 10.8. The molecule has 1 rings (SSSR count). The summed E-state index contributed by atoms with van der Waals surface area (Å²) in [6.07, 6.45) is 7.52. The van der Waals surface area contributed by atoms with Crippen LogP contribution in [0.1, 0.15) is 55.4 Å². The highest BCUT2D eigenvalue weighted by Crippen LogP contribution is 2.20. The minimum absolute atomic E-state index is 0. The average Bonchev–Trinajstić information content (AvgIpc) is 2.46. The maximum Gasteiger partial charge on any atom is 0.216 e. The smallest absolute Gasteiger partial charge is 0.216 e. The summed E-state index contributed by atoms with van der Waals surface area (Å²) in [7, 11) is -0.284. The zero-order chi connectivity index (χ0) is 17.5. The van der Waals surface area contributed by atoms with Gasteiger partial charge in [-0.15, -0.1) is 0 Å². The molecule has 0 saturated carbocycles. The molecule has 0 radical (unpaired) electrons. The summed E-state index contributed by atoms with van der Waals surface area (Å²) in [5.41, 5.74) is 0. The van der Waals surface area contributed by atoms with Gasteiger partial charge in [-0.3, -0.25) is 4.79 Å². The van der Waals surface area contributed by atoms with Crippen molar-refractivity contribution in [1.29, 1.82) is 0 Å². The normalized spacial score (nSPS) is 24.2. The molecule has 0 aromatic carbocycles. The lowest BCUT2D eigenvalue weighted by Crippen LogP contribution is -2.36. The molecule has 1 aliphatic heterocycles. The number of allylic oxidation sites excluding steroid dienone is 3. The average molecular weight is 345 g/mol. The molecule has 0 bridgehead atoms. The maximum absolute atomic E-state index is 11.1. The monoisotopic (exact) mass is 344 g/mol. The fourth-order valence-electron chi connectivity index (χ4n) is 1.82. The van der Waals surface area contributed by atoms with Crippen LogP contribution in [-0.2, 0) is 18.8 Å². The lowest BCUT2D eigenvalue weighted by Gasteiger charge is -2.29. The van der Waals surface area contributed by atoms with Gasteiger partial charge in [0.25, 0.3) is 0 Å². The summed E-state index contributed by atoms with van der Waals surface area (Å²) in [4.78, 5) is 19.9. The van der Waals surface area contributed by atoms with Crippen LogP contribution in [0.4, 0.5) is 0 Å². The zero-order valence-electron chi connectivity index (χ0n) is 15.1. The predicted octanol–water partition coefficient (Wildman–Crippen LogP) is 3.85. The molecule has 1 aliphatic rings. The SMILES string of the molecule is C.C/C=C(/C=C/C)O[SiH2]C.CC1CC(=O)C(C)C(C)O1.CC=O. The Hall–Kier alpha value is -1.20. The largest absolute Gasteiger partial charge is 0.550 e. The van der Waals surface area contributed by atoms with Gasteiger partial charge in [0.05, 0.1) is 18.0 Å². The first-order chi connectivity index (χ1) is 10.4. The van der Waals surface area contributed by atoms with E-state index in [-0.39, 0.29) is 35.3 Å². The van der Waals surface area contributed by atoms with Gasteiger partial charge in [-0.25, -0.2) is 0 Å². The number of carbonyl (C=O) groups is 2. The van der Waals surface area contributed by atoms with Crippen molar-refractivity contribution in [2.24, 2.45) is 5.92 Å². The number of aldehydes is 1. The van der Waals surface area contributed by atoms with Crippen LogP contribution >= 0.6 is 0 Å². The fraction of sp³-hybridized carbons (Fsp3) is 0.667. The van der Waals surface area contributed by atoms with E-state index in [9.17, 15) is 4.79 Å². The van der Waals surface area contributed by atoms with Crippen LogP contribution in [-0.4, -0.2) is 34.0 Å². The highest BCUT2D eigenvalue weighted by Gasteiger charge is 2.29. The van der Waals surface area contributed by atoms with Crippen molar-refractivity contribution in [2.45, 2.75) is 74.1 Å². The summed E-state index contributed by atoms with van der Waals surface area (Å²) in [5, 5.41) is 0. The quantitative estimate of drug-likeness (QED) is 0.338. The van der Waals surface area contributed by atoms with E-state index in [0.717, 1.165) is 12.0 Å². The number of hydrogen-bond donors (Lipinski definition) is 0. The van der Waals surface area contributed by atoms with Crippen LogP contribution in [0.25, 0.3) is 0 Å². The summed E-state index contributed by atoms with van der Waals surface area (Å²) in [6, 6.07) is 0. The zero-order valence-corrected chi connectivity index (χ0v) is 16.5. The van der Waals surface area contributed by atoms with Gasteiger partial charge in [-0.1, -0.05) is 20.4 Å². The molecule has 0 amide bonds. The molecule has 136 valence electrons. The first-order valence-corrected chi connectivity index (χ1v) is 9.86. The summed E-state index contributed by atoms with van der Waals surface area (Å²) >= 11 is 0. The van der Waals surface area contributed by atoms with Crippen molar-refractivity contribution in [3.63, 3.8) is 0 Å². The first kappa shape index (κ1) is 26.7. The Morgan fingerprint density at radius 3 is 2.13 bits per heavy atom. The molecule has 0 spiro atoms. The van der Waals surface area contributed by atoms with Crippen LogP contribution < -0.4 is 0 Å². The number of ketones is 1. The fourth-order valence-corrected chi connectivity index (χ4v) is 2.42. The summed E-state index contributed by atoms with van der Waals surface area (Å²) in [5.74, 6) is 1.44. The van der Waals surface area contributed by atoms with Crippen molar-refractivity contribution in [2.75, 3.05) is 0 Å². The van der Waals surface area contributed by atoms with Gasteiger partial charge in [0, 0.05) is 12.3 Å². The molecular formula is C18H36O4Si. The molecule has 5 heteroatoms. The Labute approximate surface area is 145 Å². The molecule has 0 aromatic rings. The minimum atomic E-state index is -0.284. The van der Waals surface area contributed by atoms with Gasteiger partial charge >= 0.3 is 0 Å². The molecule has 3 unspecified atom stereocenters. The van der Waals surface area contributed by atoms with Gasteiger partial charge < -0.3 is 14.0 Å². The molecular weight excluding hydrogens is 308 g/mol. The van der Waals surface area contributed by atoms with Gasteiger partial charge in [-0.05, 0) is 53.3 Å². The van der Waals surface area contributed by atoms with E-state index >= 15 is 0 Å². The van der Waals surface area contributed by atoms with E-state index in [1.54, 1.807) is 0 Å². The third-order valence-corrected chi connectivity index (χ3v) is 3.70. The van der Waals surface area contributed by atoms with E-state index in [1.165, 1.54) is 6.92 Å². The Balaban J connectivity index is -0.000000288. The van der Waals surface area contributed by atoms with E-state index < -0.39 is 0 Å². The second-order valence-corrected chi connectivity index (χ2v) is 5.84. The number of rotatable bonds is 3. The number of carbonyl (C=O) groups excluding carboxylic acids is 2. The van der Waals surface area contributed by atoms with Crippen molar-refractivity contribution in [3.05, 3.63) is 24.0 Å². The number of hydrogen-bond acceptors (Lipinski definition) is 4. The summed E-state index contributed by atoms with van der Waals surface area (Å²) in [6.45, 7) is 13.4. The standard InChI is InChI=1S/C8H14O2.C7H14OSi.C2H4O.CH4/c1-5-4-8(9)6(2)7(3)10-5;1-4-6-7(5-2)8-9-3;1-2-3;/h5-7H,4H2,1-3H3;4-6H,9H2,1-3H3;2H,1H3;1H4/b;6-4+,7-5-;;. The molecule has 1 saturated heterocycles. The van der Waals surface area contributed by atoms with Crippen molar-refractivity contribution >= 4 is 21.8 Å². The number of ether oxygens (including phenoxy) is 1. The second kappa shape index (κ2) is 17.2. The minimum Gasteiger partial charge on any atom is -0.550 e.